The number of nitrogens with zero attached hydrogens (tertiary/aromatic N) is 3. The quantitative estimate of drug-likeness (QED) is 0.773. The third-order valence-electron chi connectivity index (χ3n) is 4.90. The Balaban J connectivity index is 1.70. The fraction of sp³-hybridized carbons (Fsp3) is 0.450. The Kier molecular flexibility index (Phi) is 5.58. The molecule has 2 aromatic rings. The first-order chi connectivity index (χ1) is 12.9. The highest BCUT2D eigenvalue weighted by Gasteiger charge is 2.24. The number of piperidine rings is 1. The molecule has 0 aliphatic carbocycles. The van der Waals surface area contributed by atoms with Crippen molar-refractivity contribution in [2.24, 2.45) is 5.92 Å². The van der Waals surface area contributed by atoms with E-state index >= 15 is 0 Å². The normalized spacial score (nSPS) is 17.0. The van der Waals surface area contributed by atoms with Gasteiger partial charge in [0, 0.05) is 13.1 Å². The van der Waals surface area contributed by atoms with Gasteiger partial charge in [0.2, 0.25) is 0 Å². The highest BCUT2D eigenvalue weighted by molar-refractivity contribution is 5.93. The molecule has 0 radical (unpaired) electrons. The Morgan fingerprint density at radius 1 is 1.26 bits per heavy atom. The minimum atomic E-state index is -0.572. The van der Waals surface area contributed by atoms with Crippen LogP contribution < -0.4 is 0 Å². The van der Waals surface area contributed by atoms with Gasteiger partial charge in [0.05, 0.1) is 17.1 Å². The Bertz CT molecular complexity index is 845. The number of esters is 1. The molecule has 0 bridgehead atoms. The lowest BCUT2D eigenvalue weighted by molar-refractivity contribution is -0.136. The maximum absolute atomic E-state index is 13.1. The van der Waals surface area contributed by atoms with Crippen LogP contribution in [0.1, 0.15) is 41.5 Å². The second-order valence-corrected chi connectivity index (χ2v) is 7.10. The van der Waals surface area contributed by atoms with Gasteiger partial charge in [-0.1, -0.05) is 6.92 Å². The van der Waals surface area contributed by atoms with Gasteiger partial charge >= 0.3 is 5.97 Å². The summed E-state index contributed by atoms with van der Waals surface area (Å²) in [6.45, 7) is 6.71. The van der Waals surface area contributed by atoms with Crippen LogP contribution in [0.2, 0.25) is 0 Å². The van der Waals surface area contributed by atoms with Crippen LogP contribution in [-0.4, -0.2) is 46.3 Å². The molecule has 144 valence electrons. The number of amides is 1. The first kappa shape index (κ1) is 19.1. The lowest BCUT2D eigenvalue weighted by atomic mass is 10.0. The number of benzene rings is 1. The van der Waals surface area contributed by atoms with E-state index in [1.807, 2.05) is 0 Å². The molecule has 0 saturated carbocycles. The molecule has 2 heterocycles. The minimum absolute atomic E-state index is 0.170. The van der Waals surface area contributed by atoms with Crippen LogP contribution in [0.5, 0.6) is 0 Å². The van der Waals surface area contributed by atoms with Crippen LogP contribution in [0.4, 0.5) is 4.39 Å². The van der Waals surface area contributed by atoms with E-state index in [9.17, 15) is 14.0 Å². The van der Waals surface area contributed by atoms with Gasteiger partial charge in [-0.25, -0.2) is 13.9 Å². The SMILES string of the molecule is Cc1nn(-c2ccc(F)cc2)c(C)c1C(=O)OCC(=O)N1CCCC(C)C1. The Labute approximate surface area is 157 Å². The number of ether oxygens (including phenoxy) is 1. The lowest BCUT2D eigenvalue weighted by Crippen LogP contribution is -2.41. The maximum atomic E-state index is 13.1. The van der Waals surface area contributed by atoms with Gasteiger partial charge in [-0.3, -0.25) is 4.79 Å². The molecule has 0 spiro atoms. The summed E-state index contributed by atoms with van der Waals surface area (Å²) in [6.07, 6.45) is 2.09. The number of hydrogen-bond acceptors (Lipinski definition) is 4. The summed E-state index contributed by atoms with van der Waals surface area (Å²) in [7, 11) is 0. The average molecular weight is 373 g/mol. The van der Waals surface area contributed by atoms with E-state index in [0.717, 1.165) is 12.8 Å². The molecule has 1 unspecified atom stereocenters. The lowest BCUT2D eigenvalue weighted by Gasteiger charge is -2.30. The molecule has 1 saturated heterocycles. The number of carbonyl (C=O) groups is 2. The largest absolute Gasteiger partial charge is 0.452 e. The van der Waals surface area contributed by atoms with E-state index in [-0.39, 0.29) is 18.3 Å². The zero-order valence-corrected chi connectivity index (χ0v) is 15.9. The van der Waals surface area contributed by atoms with Crippen molar-refractivity contribution < 1.29 is 18.7 Å². The number of aromatic nitrogens is 2. The van der Waals surface area contributed by atoms with E-state index in [2.05, 4.69) is 12.0 Å². The molecule has 1 aliphatic rings. The zero-order valence-electron chi connectivity index (χ0n) is 15.9. The van der Waals surface area contributed by atoms with E-state index in [0.29, 0.717) is 41.6 Å². The molecular weight excluding hydrogens is 349 g/mol. The first-order valence-electron chi connectivity index (χ1n) is 9.14. The van der Waals surface area contributed by atoms with E-state index < -0.39 is 5.97 Å². The molecule has 27 heavy (non-hydrogen) atoms. The van der Waals surface area contributed by atoms with Crippen molar-refractivity contribution in [3.05, 3.63) is 47.0 Å². The molecule has 1 aromatic carbocycles. The van der Waals surface area contributed by atoms with Crippen molar-refractivity contribution in [1.29, 1.82) is 0 Å². The van der Waals surface area contributed by atoms with E-state index in [1.165, 1.54) is 12.1 Å². The third kappa shape index (κ3) is 4.18. The maximum Gasteiger partial charge on any atom is 0.342 e. The minimum Gasteiger partial charge on any atom is -0.452 e. The van der Waals surface area contributed by atoms with Gasteiger partial charge in [-0.05, 0) is 56.9 Å². The van der Waals surface area contributed by atoms with E-state index in [1.54, 1.807) is 35.6 Å². The average Bonchev–Trinajstić information content (AvgIpc) is 2.94. The summed E-state index contributed by atoms with van der Waals surface area (Å²) in [5.41, 5.74) is 2.07. The number of halogens is 1. The number of rotatable bonds is 4. The molecule has 1 amide bonds. The van der Waals surface area contributed by atoms with Gasteiger partial charge in [-0.2, -0.15) is 5.10 Å². The van der Waals surface area contributed by atoms with Crippen LogP contribution >= 0.6 is 0 Å². The van der Waals surface area contributed by atoms with Crippen LogP contribution in [-0.2, 0) is 9.53 Å². The van der Waals surface area contributed by atoms with Crippen molar-refractivity contribution >= 4 is 11.9 Å². The smallest absolute Gasteiger partial charge is 0.342 e. The summed E-state index contributed by atoms with van der Waals surface area (Å²) < 4.78 is 20.0. The zero-order chi connectivity index (χ0) is 19.6. The molecule has 1 aliphatic heterocycles. The molecular formula is C20H24FN3O3. The topological polar surface area (TPSA) is 64.4 Å². The second kappa shape index (κ2) is 7.90. The summed E-state index contributed by atoms with van der Waals surface area (Å²) in [5.74, 6) is -0.616. The van der Waals surface area contributed by atoms with Crippen molar-refractivity contribution in [3.8, 4) is 5.69 Å². The Morgan fingerprint density at radius 2 is 1.96 bits per heavy atom. The molecule has 6 nitrogen and oxygen atoms in total. The van der Waals surface area contributed by atoms with Gasteiger partial charge in [0.1, 0.15) is 11.4 Å². The summed E-state index contributed by atoms with van der Waals surface area (Å²) in [5, 5.41) is 4.36. The van der Waals surface area contributed by atoms with Crippen LogP contribution in [0.15, 0.2) is 24.3 Å². The monoisotopic (exact) mass is 373 g/mol. The van der Waals surface area contributed by atoms with Gasteiger partial charge < -0.3 is 9.64 Å². The number of aryl methyl sites for hydroxylation is 1. The predicted molar refractivity (Wildman–Crippen MR) is 98.3 cm³/mol. The van der Waals surface area contributed by atoms with E-state index in [4.69, 9.17) is 4.74 Å². The molecule has 7 heteroatoms. The molecule has 0 N–H and O–H groups in total. The second-order valence-electron chi connectivity index (χ2n) is 7.10. The standard InChI is InChI=1S/C20H24FN3O3/c1-13-5-4-10-23(11-13)18(25)12-27-20(26)19-14(2)22-24(15(19)3)17-8-6-16(21)7-9-17/h6-9,13H,4-5,10-12H2,1-3H3. The van der Waals surface area contributed by atoms with Crippen LogP contribution in [0, 0.1) is 25.6 Å². The fourth-order valence-electron chi connectivity index (χ4n) is 3.48. The summed E-state index contributed by atoms with van der Waals surface area (Å²) >= 11 is 0. The van der Waals surface area contributed by atoms with Crippen molar-refractivity contribution in [3.63, 3.8) is 0 Å². The third-order valence-corrected chi connectivity index (χ3v) is 4.90. The number of carbonyl (C=O) groups excluding carboxylic acids is 2. The first-order valence-corrected chi connectivity index (χ1v) is 9.14. The van der Waals surface area contributed by atoms with Crippen LogP contribution in [0.3, 0.4) is 0 Å². The molecule has 3 rings (SSSR count). The van der Waals surface area contributed by atoms with Gasteiger partial charge in [-0.15, -0.1) is 0 Å². The summed E-state index contributed by atoms with van der Waals surface area (Å²) in [6, 6.07) is 5.85. The summed E-state index contributed by atoms with van der Waals surface area (Å²) in [4.78, 5) is 26.6. The predicted octanol–water partition coefficient (Wildman–Crippen LogP) is 3.04. The Hall–Kier alpha value is -2.70. The Morgan fingerprint density at radius 3 is 2.63 bits per heavy atom. The molecule has 1 fully saturated rings. The van der Waals surface area contributed by atoms with Crippen molar-refractivity contribution in [2.75, 3.05) is 19.7 Å². The molecule has 1 aromatic heterocycles. The van der Waals surface area contributed by atoms with Gasteiger partial charge in [0.15, 0.2) is 6.61 Å². The van der Waals surface area contributed by atoms with Crippen molar-refractivity contribution in [2.45, 2.75) is 33.6 Å². The highest BCUT2D eigenvalue weighted by atomic mass is 19.1. The number of hydrogen-bond donors (Lipinski definition) is 0. The highest BCUT2D eigenvalue weighted by Crippen LogP contribution is 2.20. The van der Waals surface area contributed by atoms with Crippen LogP contribution in [0.25, 0.3) is 5.69 Å². The number of likely N-dealkylation sites (tertiary alicyclic amines) is 1. The van der Waals surface area contributed by atoms with Crippen molar-refractivity contribution in [1.82, 2.24) is 14.7 Å². The fourth-order valence-corrected chi connectivity index (χ4v) is 3.48. The molecule has 1 atom stereocenters. The van der Waals surface area contributed by atoms with Gasteiger partial charge in [0.25, 0.3) is 5.91 Å².